The van der Waals surface area contributed by atoms with Crippen molar-refractivity contribution in [3.05, 3.63) is 139 Å². The van der Waals surface area contributed by atoms with E-state index >= 15 is 0 Å². The van der Waals surface area contributed by atoms with Gasteiger partial charge in [0.2, 0.25) is 0 Å². The number of thiophene rings is 1. The molecule has 0 N–H and O–H groups in total. The van der Waals surface area contributed by atoms with Gasteiger partial charge >= 0.3 is 0 Å². The minimum absolute atomic E-state index is 0.0720. The molecule has 10 aromatic rings. The Morgan fingerprint density at radius 3 is 2.20 bits per heavy atom. The molecule has 2 heterocycles. The summed E-state index contributed by atoms with van der Waals surface area (Å²) in [5, 5.41) is 13.3. The molecule has 0 saturated heterocycles. The number of benzene rings is 8. The van der Waals surface area contributed by atoms with E-state index in [-0.39, 0.29) is 5.41 Å². The van der Waals surface area contributed by atoms with Gasteiger partial charge in [0.15, 0.2) is 0 Å². The Bertz CT molecular complexity index is 2900. The van der Waals surface area contributed by atoms with Gasteiger partial charge in [-0.3, -0.25) is 0 Å². The molecule has 0 unspecified atom stereocenters. The van der Waals surface area contributed by atoms with Crippen LogP contribution in [-0.2, 0) is 5.41 Å². The maximum absolute atomic E-state index is 2.59. The van der Waals surface area contributed by atoms with E-state index in [1.54, 1.807) is 0 Å². The van der Waals surface area contributed by atoms with Crippen LogP contribution in [0.2, 0.25) is 0 Å². The molecule has 1 aliphatic carbocycles. The van der Waals surface area contributed by atoms with Crippen LogP contribution in [0, 0.1) is 0 Å². The van der Waals surface area contributed by atoms with E-state index in [4.69, 9.17) is 0 Å². The highest BCUT2D eigenvalue weighted by Crippen LogP contribution is 2.55. The predicted octanol–water partition coefficient (Wildman–Crippen LogP) is 12.4. The number of hydrogen-bond acceptors (Lipinski definition) is 1. The first kappa shape index (κ1) is 24.2. The van der Waals surface area contributed by atoms with Crippen LogP contribution >= 0.6 is 11.3 Å². The molecule has 0 saturated carbocycles. The molecule has 1 nitrogen and oxygen atoms in total. The van der Waals surface area contributed by atoms with Crippen molar-refractivity contribution in [1.29, 1.82) is 0 Å². The van der Waals surface area contributed by atoms with Gasteiger partial charge in [-0.1, -0.05) is 111 Å². The quantitative estimate of drug-likeness (QED) is 0.168. The third-order valence-electron chi connectivity index (χ3n) is 10.7. The molecule has 210 valence electrons. The highest BCUT2D eigenvalue weighted by atomic mass is 32.1. The van der Waals surface area contributed by atoms with Crippen LogP contribution in [0.15, 0.2) is 127 Å². The first-order valence-electron chi connectivity index (χ1n) is 15.8. The van der Waals surface area contributed by atoms with Crippen molar-refractivity contribution >= 4 is 85.6 Å². The molecule has 0 fully saturated rings. The Balaban J connectivity index is 1.37. The second-order valence-corrected chi connectivity index (χ2v) is 14.4. The first-order valence-corrected chi connectivity index (χ1v) is 16.6. The molecule has 11 rings (SSSR count). The Morgan fingerprint density at radius 2 is 1.27 bits per heavy atom. The lowest BCUT2D eigenvalue weighted by Gasteiger charge is -2.23. The fourth-order valence-corrected chi connectivity index (χ4v) is 9.97. The van der Waals surface area contributed by atoms with Crippen molar-refractivity contribution in [1.82, 2.24) is 4.57 Å². The van der Waals surface area contributed by atoms with Crippen molar-refractivity contribution in [2.24, 2.45) is 0 Å². The molecule has 2 heteroatoms. The minimum atomic E-state index is -0.0720. The lowest BCUT2D eigenvalue weighted by Crippen LogP contribution is -2.15. The maximum atomic E-state index is 2.59. The third-order valence-corrected chi connectivity index (χ3v) is 11.9. The number of rotatable bonds is 1. The summed E-state index contributed by atoms with van der Waals surface area (Å²) in [6, 6.07) is 48.0. The highest BCUT2D eigenvalue weighted by Gasteiger charge is 2.38. The van der Waals surface area contributed by atoms with E-state index in [0.29, 0.717) is 0 Å². The summed E-state index contributed by atoms with van der Waals surface area (Å²) >= 11 is 1.93. The van der Waals surface area contributed by atoms with Crippen molar-refractivity contribution in [2.45, 2.75) is 19.3 Å². The minimum Gasteiger partial charge on any atom is -0.308 e. The molecule has 0 bridgehead atoms. The van der Waals surface area contributed by atoms with E-state index in [1.807, 2.05) is 11.3 Å². The summed E-state index contributed by atoms with van der Waals surface area (Å²) in [6.07, 6.45) is 0. The number of fused-ring (bicyclic) bond motifs is 11. The molecular weight excluding hydrogens is 563 g/mol. The van der Waals surface area contributed by atoms with Gasteiger partial charge in [-0.05, 0) is 84.9 Å². The third kappa shape index (κ3) is 2.90. The van der Waals surface area contributed by atoms with E-state index in [1.165, 1.54) is 102 Å². The first-order chi connectivity index (χ1) is 22.1. The van der Waals surface area contributed by atoms with Crippen LogP contribution < -0.4 is 0 Å². The van der Waals surface area contributed by atoms with Gasteiger partial charge in [-0.25, -0.2) is 0 Å². The van der Waals surface area contributed by atoms with Crippen LogP contribution in [0.1, 0.15) is 25.0 Å². The van der Waals surface area contributed by atoms with Gasteiger partial charge in [-0.15, -0.1) is 11.3 Å². The van der Waals surface area contributed by atoms with Crippen LogP contribution in [0.4, 0.5) is 0 Å². The van der Waals surface area contributed by atoms with Gasteiger partial charge in [-0.2, -0.15) is 0 Å². The van der Waals surface area contributed by atoms with Gasteiger partial charge in [0, 0.05) is 37.3 Å². The van der Waals surface area contributed by atoms with Gasteiger partial charge in [0.25, 0.3) is 0 Å². The Morgan fingerprint density at radius 1 is 0.533 bits per heavy atom. The zero-order valence-corrected chi connectivity index (χ0v) is 25.8. The Hall–Kier alpha value is -5.18. The normalized spacial score (nSPS) is 14.2. The molecule has 2 aromatic heterocycles. The number of aromatic nitrogens is 1. The average molecular weight is 590 g/mol. The SMILES string of the molecule is CC1(C)c2ccccc2-c2cc3c4c(ccc5cc6c7ccccc7sc6c(c54)n3-c3ccc4c(ccc5ccccc54)c3)c21. The summed E-state index contributed by atoms with van der Waals surface area (Å²) in [6.45, 7) is 4.81. The van der Waals surface area contributed by atoms with Gasteiger partial charge in [0.05, 0.1) is 15.7 Å². The predicted molar refractivity (Wildman–Crippen MR) is 195 cm³/mol. The monoisotopic (exact) mass is 589 g/mol. The maximum Gasteiger partial charge on any atom is 0.0726 e. The topological polar surface area (TPSA) is 4.93 Å². The molecule has 0 spiro atoms. The fourth-order valence-electron chi connectivity index (χ4n) is 8.75. The summed E-state index contributed by atoms with van der Waals surface area (Å²) in [7, 11) is 0. The summed E-state index contributed by atoms with van der Waals surface area (Å²) in [5.74, 6) is 0. The smallest absolute Gasteiger partial charge is 0.0726 e. The molecule has 1 aliphatic rings. The molecular formula is C43H27NS. The van der Waals surface area contributed by atoms with Crippen LogP contribution in [0.25, 0.3) is 91.1 Å². The highest BCUT2D eigenvalue weighted by molar-refractivity contribution is 7.26. The zero-order valence-electron chi connectivity index (χ0n) is 25.0. The van der Waals surface area contributed by atoms with Gasteiger partial charge < -0.3 is 4.57 Å². The molecule has 8 aromatic carbocycles. The lowest BCUT2D eigenvalue weighted by molar-refractivity contribution is 0.666. The second kappa shape index (κ2) is 8.10. The van der Waals surface area contributed by atoms with E-state index in [0.717, 1.165) is 0 Å². The van der Waals surface area contributed by atoms with E-state index < -0.39 is 0 Å². The van der Waals surface area contributed by atoms with E-state index in [2.05, 4.69) is 146 Å². The largest absolute Gasteiger partial charge is 0.308 e. The van der Waals surface area contributed by atoms with Crippen molar-refractivity contribution in [3.63, 3.8) is 0 Å². The Labute approximate surface area is 263 Å². The summed E-state index contributed by atoms with van der Waals surface area (Å²) in [5.41, 5.74) is 9.38. The molecule has 0 radical (unpaired) electrons. The van der Waals surface area contributed by atoms with Crippen molar-refractivity contribution < 1.29 is 0 Å². The fraction of sp³-hybridized carbons (Fsp3) is 0.0698. The second-order valence-electron chi connectivity index (χ2n) is 13.3. The standard InChI is InChI=1S/C43H27NS/c1-43(2)35-13-7-5-11-30(35)33-23-36-39-32(40(33)43)19-17-26-22-34-31-12-6-8-14-37(31)45-42(34)41(38(26)39)44(36)27-18-20-29-25(21-27)16-15-24-9-3-4-10-28(24)29/h3-23H,1-2H3. The number of nitrogens with zero attached hydrogens (tertiary/aromatic N) is 1. The van der Waals surface area contributed by atoms with Crippen LogP contribution in [-0.4, -0.2) is 4.57 Å². The molecule has 0 aliphatic heterocycles. The molecule has 0 amide bonds. The summed E-state index contributed by atoms with van der Waals surface area (Å²) in [4.78, 5) is 0. The Kier molecular flexibility index (Phi) is 4.35. The molecule has 45 heavy (non-hydrogen) atoms. The molecule has 0 atom stereocenters. The van der Waals surface area contributed by atoms with Crippen LogP contribution in [0.3, 0.4) is 0 Å². The van der Waals surface area contributed by atoms with Crippen molar-refractivity contribution in [2.75, 3.05) is 0 Å². The van der Waals surface area contributed by atoms with Gasteiger partial charge in [0.1, 0.15) is 0 Å². The van der Waals surface area contributed by atoms with Crippen LogP contribution in [0.5, 0.6) is 0 Å². The lowest BCUT2D eigenvalue weighted by atomic mass is 9.79. The number of hydrogen-bond donors (Lipinski definition) is 0. The average Bonchev–Trinajstić information content (AvgIpc) is 3.70. The van der Waals surface area contributed by atoms with E-state index in [9.17, 15) is 0 Å². The zero-order chi connectivity index (χ0) is 29.6. The summed E-state index contributed by atoms with van der Waals surface area (Å²) < 4.78 is 5.30. The van der Waals surface area contributed by atoms with Crippen molar-refractivity contribution in [3.8, 4) is 16.8 Å².